The number of nitrogens with two attached hydrogens (primary N) is 1. The van der Waals surface area contributed by atoms with Crippen LogP contribution in [0.4, 0.5) is 11.5 Å². The molecule has 22 heavy (non-hydrogen) atoms. The van der Waals surface area contributed by atoms with Crippen LogP contribution in [0.25, 0.3) is 0 Å². The summed E-state index contributed by atoms with van der Waals surface area (Å²) in [6.45, 7) is 9.00. The first kappa shape index (κ1) is 16.8. The van der Waals surface area contributed by atoms with Gasteiger partial charge in [-0.15, -0.1) is 0 Å². The molecule has 0 amide bonds. The molecule has 5 heteroatoms. The predicted octanol–water partition coefficient (Wildman–Crippen LogP) is 3.89. The van der Waals surface area contributed by atoms with E-state index in [1.807, 2.05) is 0 Å². The number of nitrogens with zero attached hydrogens (tertiary/aromatic N) is 2. The molecule has 5 nitrogen and oxygen atoms in total. The highest BCUT2D eigenvalue weighted by atomic mass is 16.5. The van der Waals surface area contributed by atoms with Gasteiger partial charge in [-0.25, -0.2) is 4.98 Å². The third-order valence-electron chi connectivity index (χ3n) is 3.97. The maximum absolute atomic E-state index is 6.24. The lowest BCUT2D eigenvalue weighted by atomic mass is 9.95. The summed E-state index contributed by atoms with van der Waals surface area (Å²) >= 11 is 0. The Kier molecular flexibility index (Phi) is 5.48. The second-order valence-corrected chi connectivity index (χ2v) is 7.19. The summed E-state index contributed by atoms with van der Waals surface area (Å²) in [7, 11) is 0. The quantitative estimate of drug-likeness (QED) is 0.863. The molecule has 1 saturated carbocycles. The Bertz CT molecular complexity index is 490. The van der Waals surface area contributed by atoms with E-state index < -0.39 is 0 Å². The topological polar surface area (TPSA) is 73.1 Å². The average molecular weight is 306 g/mol. The van der Waals surface area contributed by atoms with Crippen molar-refractivity contribution in [1.29, 1.82) is 0 Å². The molecule has 0 aliphatic heterocycles. The van der Waals surface area contributed by atoms with Gasteiger partial charge in [0.25, 0.3) is 0 Å². The van der Waals surface area contributed by atoms with E-state index >= 15 is 0 Å². The van der Waals surface area contributed by atoms with Crippen LogP contribution >= 0.6 is 0 Å². The number of hydrogen-bond acceptors (Lipinski definition) is 5. The molecule has 0 atom stereocenters. The van der Waals surface area contributed by atoms with Gasteiger partial charge in [0.15, 0.2) is 5.82 Å². The van der Waals surface area contributed by atoms with E-state index in [9.17, 15) is 0 Å². The van der Waals surface area contributed by atoms with Crippen LogP contribution in [-0.4, -0.2) is 22.6 Å². The maximum atomic E-state index is 6.24. The van der Waals surface area contributed by atoms with Crippen molar-refractivity contribution in [1.82, 2.24) is 9.97 Å². The SMILES string of the molecule is CCCOc1nc(C(C)(C)C)nc(NC2CCCCC2)c1N. The Balaban J connectivity index is 2.28. The predicted molar refractivity (Wildman–Crippen MR) is 91.4 cm³/mol. The van der Waals surface area contributed by atoms with Crippen LogP contribution in [0.5, 0.6) is 5.88 Å². The second-order valence-electron chi connectivity index (χ2n) is 7.19. The minimum atomic E-state index is -0.138. The number of aromatic nitrogens is 2. The van der Waals surface area contributed by atoms with Gasteiger partial charge in [-0.3, -0.25) is 0 Å². The largest absolute Gasteiger partial charge is 0.476 e. The van der Waals surface area contributed by atoms with Crippen LogP contribution in [-0.2, 0) is 5.41 Å². The number of nitrogens with one attached hydrogen (secondary N) is 1. The summed E-state index contributed by atoms with van der Waals surface area (Å²) < 4.78 is 5.74. The lowest BCUT2D eigenvalue weighted by molar-refractivity contribution is 0.303. The monoisotopic (exact) mass is 306 g/mol. The first-order valence-corrected chi connectivity index (χ1v) is 8.49. The van der Waals surface area contributed by atoms with Crippen molar-refractivity contribution in [2.45, 2.75) is 77.7 Å². The minimum Gasteiger partial charge on any atom is -0.476 e. The first-order valence-electron chi connectivity index (χ1n) is 8.49. The standard InChI is InChI=1S/C17H30N4O/c1-5-11-22-15-13(18)14(19-12-9-7-6-8-10-12)20-16(21-15)17(2,3)4/h12H,5-11,18H2,1-4H3,(H,19,20,21). The number of anilines is 2. The van der Waals surface area contributed by atoms with E-state index in [1.165, 1.54) is 32.1 Å². The van der Waals surface area contributed by atoms with Crippen LogP contribution < -0.4 is 15.8 Å². The normalized spacial score (nSPS) is 16.5. The summed E-state index contributed by atoms with van der Waals surface area (Å²) in [6.07, 6.45) is 7.16. The summed E-state index contributed by atoms with van der Waals surface area (Å²) in [5.74, 6) is 2.02. The molecule has 0 saturated heterocycles. The molecule has 0 unspecified atom stereocenters. The van der Waals surface area contributed by atoms with E-state index in [-0.39, 0.29) is 5.41 Å². The zero-order valence-electron chi connectivity index (χ0n) is 14.4. The molecule has 1 heterocycles. The van der Waals surface area contributed by atoms with Crippen LogP contribution in [0.1, 0.15) is 72.0 Å². The summed E-state index contributed by atoms with van der Waals surface area (Å²) in [5.41, 5.74) is 6.64. The number of rotatable bonds is 5. The molecule has 1 fully saturated rings. The Morgan fingerprint density at radius 3 is 2.45 bits per heavy atom. The highest BCUT2D eigenvalue weighted by Gasteiger charge is 2.24. The molecule has 1 aliphatic carbocycles. The Hall–Kier alpha value is -1.52. The van der Waals surface area contributed by atoms with Gasteiger partial charge in [-0.05, 0) is 19.3 Å². The minimum absolute atomic E-state index is 0.138. The van der Waals surface area contributed by atoms with E-state index in [0.717, 1.165) is 18.1 Å². The lowest BCUT2D eigenvalue weighted by Crippen LogP contribution is -2.26. The van der Waals surface area contributed by atoms with Gasteiger partial charge in [0, 0.05) is 11.5 Å². The average Bonchev–Trinajstić information content (AvgIpc) is 2.48. The maximum Gasteiger partial charge on any atom is 0.242 e. The van der Waals surface area contributed by atoms with Crippen LogP contribution in [0.2, 0.25) is 0 Å². The van der Waals surface area contributed by atoms with Gasteiger partial charge >= 0.3 is 0 Å². The van der Waals surface area contributed by atoms with Gasteiger partial charge in [0.05, 0.1) is 6.61 Å². The van der Waals surface area contributed by atoms with Gasteiger partial charge in [0.2, 0.25) is 5.88 Å². The molecule has 1 aromatic rings. The van der Waals surface area contributed by atoms with Crippen molar-refractivity contribution >= 4 is 11.5 Å². The van der Waals surface area contributed by atoms with Crippen molar-refractivity contribution in [3.05, 3.63) is 5.82 Å². The molecular weight excluding hydrogens is 276 g/mol. The fraction of sp³-hybridized carbons (Fsp3) is 0.765. The lowest BCUT2D eigenvalue weighted by Gasteiger charge is -2.26. The smallest absolute Gasteiger partial charge is 0.242 e. The number of nitrogen functional groups attached to an aromatic ring is 1. The summed E-state index contributed by atoms with van der Waals surface area (Å²) in [4.78, 5) is 9.22. The van der Waals surface area contributed by atoms with Crippen molar-refractivity contribution < 1.29 is 4.74 Å². The molecular formula is C17H30N4O. The molecule has 1 aliphatic rings. The van der Waals surface area contributed by atoms with Crippen molar-refractivity contribution in [3.63, 3.8) is 0 Å². The van der Waals surface area contributed by atoms with Crippen molar-refractivity contribution in [3.8, 4) is 5.88 Å². The van der Waals surface area contributed by atoms with E-state index in [0.29, 0.717) is 24.2 Å². The highest BCUT2D eigenvalue weighted by molar-refractivity contribution is 5.67. The first-order chi connectivity index (χ1) is 10.4. The zero-order valence-corrected chi connectivity index (χ0v) is 14.4. The van der Waals surface area contributed by atoms with Gasteiger partial charge in [-0.2, -0.15) is 4.98 Å². The van der Waals surface area contributed by atoms with Gasteiger partial charge in [0.1, 0.15) is 11.5 Å². The van der Waals surface area contributed by atoms with E-state index in [4.69, 9.17) is 10.5 Å². The second kappa shape index (κ2) is 7.16. The third kappa shape index (κ3) is 4.24. The Labute approximate surface area is 134 Å². The molecule has 0 spiro atoms. The highest BCUT2D eigenvalue weighted by Crippen LogP contribution is 2.32. The molecule has 0 radical (unpaired) electrons. The van der Waals surface area contributed by atoms with Gasteiger partial charge in [-0.1, -0.05) is 47.0 Å². The van der Waals surface area contributed by atoms with Crippen LogP contribution in [0.15, 0.2) is 0 Å². The third-order valence-corrected chi connectivity index (χ3v) is 3.97. The molecule has 3 N–H and O–H groups in total. The molecule has 2 rings (SSSR count). The fourth-order valence-electron chi connectivity index (χ4n) is 2.64. The molecule has 0 aromatic carbocycles. The van der Waals surface area contributed by atoms with E-state index in [1.54, 1.807) is 0 Å². The summed E-state index contributed by atoms with van der Waals surface area (Å²) in [5, 5.41) is 3.52. The Morgan fingerprint density at radius 2 is 1.86 bits per heavy atom. The Morgan fingerprint density at radius 1 is 1.18 bits per heavy atom. The van der Waals surface area contributed by atoms with Crippen molar-refractivity contribution in [2.75, 3.05) is 17.7 Å². The van der Waals surface area contributed by atoms with Gasteiger partial charge < -0.3 is 15.8 Å². The van der Waals surface area contributed by atoms with Crippen LogP contribution in [0, 0.1) is 0 Å². The fourth-order valence-corrected chi connectivity index (χ4v) is 2.64. The zero-order chi connectivity index (χ0) is 16.2. The number of ether oxygens (including phenoxy) is 1. The molecule has 124 valence electrons. The summed E-state index contributed by atoms with van der Waals surface area (Å²) in [6, 6.07) is 0.456. The van der Waals surface area contributed by atoms with Crippen molar-refractivity contribution in [2.24, 2.45) is 0 Å². The molecule has 1 aromatic heterocycles. The van der Waals surface area contributed by atoms with E-state index in [2.05, 4.69) is 43.0 Å². The number of hydrogen-bond donors (Lipinski definition) is 2. The molecule has 0 bridgehead atoms. The van der Waals surface area contributed by atoms with Crippen LogP contribution in [0.3, 0.4) is 0 Å².